The van der Waals surface area contributed by atoms with E-state index in [9.17, 15) is 4.79 Å². The van der Waals surface area contributed by atoms with E-state index in [2.05, 4.69) is 26.6 Å². The van der Waals surface area contributed by atoms with Crippen LogP contribution in [0.2, 0.25) is 0 Å². The van der Waals surface area contributed by atoms with Crippen molar-refractivity contribution in [2.24, 2.45) is 0 Å². The lowest BCUT2D eigenvalue weighted by Gasteiger charge is -2.21. The van der Waals surface area contributed by atoms with Crippen LogP contribution >= 0.6 is 28.3 Å². The summed E-state index contributed by atoms with van der Waals surface area (Å²) < 4.78 is 11.9. The van der Waals surface area contributed by atoms with Gasteiger partial charge in [0.05, 0.1) is 7.11 Å². The lowest BCUT2D eigenvalue weighted by molar-refractivity contribution is -0.124. The quantitative estimate of drug-likeness (QED) is 0.597. The summed E-state index contributed by atoms with van der Waals surface area (Å²) in [5.41, 5.74) is 1.88. The number of nitrogens with one attached hydrogen (secondary N) is 2. The van der Waals surface area contributed by atoms with Gasteiger partial charge < -0.3 is 20.1 Å². The molecule has 2 aromatic carbocycles. The molecule has 154 valence electrons. The predicted molar refractivity (Wildman–Crippen MR) is 118 cm³/mol. The van der Waals surface area contributed by atoms with Gasteiger partial charge in [0.1, 0.15) is 11.5 Å². The molecule has 5 nitrogen and oxygen atoms in total. The summed E-state index contributed by atoms with van der Waals surface area (Å²) in [4.78, 5) is 12.0. The fraction of sp³-hybridized carbons (Fsp3) is 0.381. The first-order chi connectivity index (χ1) is 12.8. The first-order valence-corrected chi connectivity index (χ1v) is 9.62. The van der Waals surface area contributed by atoms with Crippen molar-refractivity contribution in [3.05, 3.63) is 58.1 Å². The molecule has 2 aromatic rings. The minimum atomic E-state index is -0.275. The third kappa shape index (κ3) is 8.50. The summed E-state index contributed by atoms with van der Waals surface area (Å²) in [5, 5.41) is 6.30. The Balaban J connectivity index is 0.00000392. The van der Waals surface area contributed by atoms with Crippen LogP contribution in [0.3, 0.4) is 0 Å². The van der Waals surface area contributed by atoms with E-state index in [-0.39, 0.29) is 30.5 Å². The van der Waals surface area contributed by atoms with Crippen molar-refractivity contribution in [1.82, 2.24) is 10.6 Å². The van der Waals surface area contributed by atoms with Crippen molar-refractivity contribution in [3.63, 3.8) is 0 Å². The fourth-order valence-corrected chi connectivity index (χ4v) is 2.92. The number of hydrogen-bond acceptors (Lipinski definition) is 4. The Kier molecular flexibility index (Phi) is 9.79. The van der Waals surface area contributed by atoms with Crippen molar-refractivity contribution in [2.45, 2.75) is 39.4 Å². The molecule has 0 spiro atoms. The van der Waals surface area contributed by atoms with E-state index in [1.165, 1.54) is 0 Å². The van der Waals surface area contributed by atoms with Crippen LogP contribution in [0.1, 0.15) is 31.9 Å². The third-order valence-corrected chi connectivity index (χ3v) is 4.19. The molecule has 0 atom stereocenters. The molecule has 7 heteroatoms. The molecule has 28 heavy (non-hydrogen) atoms. The van der Waals surface area contributed by atoms with Crippen LogP contribution in [0.15, 0.2) is 46.9 Å². The molecule has 0 bridgehead atoms. The monoisotopic (exact) mass is 470 g/mol. The minimum absolute atomic E-state index is 0. The van der Waals surface area contributed by atoms with Gasteiger partial charge in [-0.15, -0.1) is 12.4 Å². The number of ether oxygens (including phenoxy) is 2. The smallest absolute Gasteiger partial charge is 0.258 e. The van der Waals surface area contributed by atoms with E-state index in [0.717, 1.165) is 27.9 Å². The zero-order valence-corrected chi connectivity index (χ0v) is 19.1. The number of hydrogen-bond donors (Lipinski definition) is 2. The molecule has 0 fully saturated rings. The maximum Gasteiger partial charge on any atom is 0.258 e. The van der Waals surface area contributed by atoms with Crippen molar-refractivity contribution in [2.75, 3.05) is 13.7 Å². The van der Waals surface area contributed by atoms with Crippen molar-refractivity contribution in [3.8, 4) is 11.5 Å². The summed E-state index contributed by atoms with van der Waals surface area (Å²) in [7, 11) is 1.66. The Bertz CT molecular complexity index is 761. The number of halogens is 2. The topological polar surface area (TPSA) is 59.6 Å². The second kappa shape index (κ2) is 11.3. The largest absolute Gasteiger partial charge is 0.497 e. The highest BCUT2D eigenvalue weighted by atomic mass is 79.9. The molecule has 0 aliphatic rings. The Morgan fingerprint density at radius 3 is 2.36 bits per heavy atom. The molecule has 0 aliphatic carbocycles. The number of amides is 1. The molecule has 2 N–H and O–H groups in total. The summed E-state index contributed by atoms with van der Waals surface area (Å²) >= 11 is 3.49. The van der Waals surface area contributed by atoms with Gasteiger partial charge in [-0.2, -0.15) is 0 Å². The summed E-state index contributed by atoms with van der Waals surface area (Å²) in [5.74, 6) is 1.40. The van der Waals surface area contributed by atoms with Crippen molar-refractivity contribution >= 4 is 34.2 Å². The Morgan fingerprint density at radius 1 is 1.07 bits per heavy atom. The van der Waals surface area contributed by atoms with Gasteiger partial charge in [0.2, 0.25) is 0 Å². The molecule has 0 heterocycles. The second-order valence-electron chi connectivity index (χ2n) is 7.29. The normalized spacial score (nSPS) is 10.8. The fourth-order valence-electron chi connectivity index (χ4n) is 2.51. The van der Waals surface area contributed by atoms with Crippen molar-refractivity contribution in [1.29, 1.82) is 0 Å². The standard InChI is InChI=1S/C21H27BrN2O3.ClH/c1-21(2,3)24-20(25)14-27-19-10-7-17(22)11-16(19)13-23-12-15-5-8-18(26-4)9-6-15;/h5-11,23H,12-14H2,1-4H3,(H,24,25);1H. The predicted octanol–water partition coefficient (Wildman–Crippen LogP) is 4.46. The molecule has 0 aromatic heterocycles. The summed E-state index contributed by atoms with van der Waals surface area (Å²) in [6.45, 7) is 7.17. The number of methoxy groups -OCH3 is 1. The van der Waals surface area contributed by atoms with E-state index >= 15 is 0 Å². The molecule has 2 rings (SSSR count). The molecule has 0 aliphatic heterocycles. The summed E-state index contributed by atoms with van der Waals surface area (Å²) in [6, 6.07) is 13.7. The lowest BCUT2D eigenvalue weighted by Crippen LogP contribution is -2.43. The Labute approximate surface area is 181 Å². The first kappa shape index (κ1) is 24.3. The number of rotatable bonds is 8. The van der Waals surface area contributed by atoms with Gasteiger partial charge in [-0.05, 0) is 56.7 Å². The highest BCUT2D eigenvalue weighted by Crippen LogP contribution is 2.23. The van der Waals surface area contributed by atoms with Gasteiger partial charge in [0.15, 0.2) is 6.61 Å². The number of carbonyl (C=O) groups is 1. The highest BCUT2D eigenvalue weighted by molar-refractivity contribution is 9.10. The second-order valence-corrected chi connectivity index (χ2v) is 8.21. The zero-order chi connectivity index (χ0) is 19.9. The van der Waals surface area contributed by atoms with Crippen LogP contribution in [0.4, 0.5) is 0 Å². The van der Waals surface area contributed by atoms with Gasteiger partial charge in [-0.3, -0.25) is 4.79 Å². The maximum atomic E-state index is 12.0. The Hall–Kier alpha value is -1.76. The number of carbonyl (C=O) groups excluding carboxylic acids is 1. The van der Waals surface area contributed by atoms with Crippen LogP contribution < -0.4 is 20.1 Å². The van der Waals surface area contributed by atoms with Gasteiger partial charge in [0.25, 0.3) is 5.91 Å². The van der Waals surface area contributed by atoms with Crippen LogP contribution in [0, 0.1) is 0 Å². The SMILES string of the molecule is COc1ccc(CNCc2cc(Br)ccc2OCC(=O)NC(C)(C)C)cc1.Cl. The van der Waals surface area contributed by atoms with Gasteiger partial charge in [-0.25, -0.2) is 0 Å². The Morgan fingerprint density at radius 2 is 1.75 bits per heavy atom. The van der Waals surface area contributed by atoms with E-state index in [1.807, 2.05) is 63.2 Å². The third-order valence-electron chi connectivity index (χ3n) is 3.70. The molecule has 0 unspecified atom stereocenters. The average molecular weight is 472 g/mol. The van der Waals surface area contributed by atoms with Crippen LogP contribution in [0.25, 0.3) is 0 Å². The van der Waals surface area contributed by atoms with E-state index in [4.69, 9.17) is 9.47 Å². The molecule has 0 saturated heterocycles. The average Bonchev–Trinajstić information content (AvgIpc) is 2.60. The maximum absolute atomic E-state index is 12.0. The lowest BCUT2D eigenvalue weighted by atomic mass is 10.1. The van der Waals surface area contributed by atoms with Crippen LogP contribution in [-0.2, 0) is 17.9 Å². The molecule has 1 amide bonds. The first-order valence-electron chi connectivity index (χ1n) is 8.83. The van der Waals surface area contributed by atoms with Crippen molar-refractivity contribution < 1.29 is 14.3 Å². The molecular formula is C21H28BrClN2O3. The van der Waals surface area contributed by atoms with E-state index in [1.54, 1.807) is 7.11 Å². The minimum Gasteiger partial charge on any atom is -0.497 e. The van der Waals surface area contributed by atoms with Gasteiger partial charge in [-0.1, -0.05) is 28.1 Å². The molecule has 0 radical (unpaired) electrons. The highest BCUT2D eigenvalue weighted by Gasteiger charge is 2.14. The number of benzene rings is 2. The van der Waals surface area contributed by atoms with E-state index < -0.39 is 0 Å². The van der Waals surface area contributed by atoms with Crippen LogP contribution in [0.5, 0.6) is 11.5 Å². The van der Waals surface area contributed by atoms with Crippen LogP contribution in [-0.4, -0.2) is 25.2 Å². The zero-order valence-electron chi connectivity index (χ0n) is 16.7. The molecule has 0 saturated carbocycles. The van der Waals surface area contributed by atoms with E-state index in [0.29, 0.717) is 12.3 Å². The van der Waals surface area contributed by atoms with Gasteiger partial charge in [0, 0.05) is 28.7 Å². The van der Waals surface area contributed by atoms with Gasteiger partial charge >= 0.3 is 0 Å². The summed E-state index contributed by atoms with van der Waals surface area (Å²) in [6.07, 6.45) is 0. The molecular weight excluding hydrogens is 444 g/mol.